The van der Waals surface area contributed by atoms with E-state index in [4.69, 9.17) is 4.74 Å². The summed E-state index contributed by atoms with van der Waals surface area (Å²) < 4.78 is 32.5. The van der Waals surface area contributed by atoms with Gasteiger partial charge in [-0.3, -0.25) is 0 Å². The zero-order chi connectivity index (χ0) is 13.7. The summed E-state index contributed by atoms with van der Waals surface area (Å²) in [4.78, 5) is 0. The highest BCUT2D eigenvalue weighted by Gasteiger charge is 2.01. The molecule has 0 aromatic heterocycles. The summed E-state index contributed by atoms with van der Waals surface area (Å²) in [6, 6.07) is 16.0. The van der Waals surface area contributed by atoms with Gasteiger partial charge in [0.05, 0.1) is 10.0 Å². The molecule has 0 aliphatic rings. The van der Waals surface area contributed by atoms with Gasteiger partial charge >= 0.3 is 0 Å². The first kappa shape index (κ1) is 13.4. The Labute approximate surface area is 113 Å². The van der Waals surface area contributed by atoms with Gasteiger partial charge in [-0.15, -0.1) is 0 Å². The molecule has 0 amide bonds. The van der Waals surface area contributed by atoms with Crippen LogP contribution < -0.4 is 4.74 Å². The van der Waals surface area contributed by atoms with E-state index < -0.39 is 10.0 Å². The zero-order valence-electron chi connectivity index (χ0n) is 10.5. The SMILES string of the molecule is CCS(=O)(=O)[N-]c1ccccc1Oc1ccccc1. The van der Waals surface area contributed by atoms with Crippen molar-refractivity contribution in [1.82, 2.24) is 0 Å². The Bertz CT molecular complexity index is 639. The van der Waals surface area contributed by atoms with Gasteiger partial charge in [0.2, 0.25) is 0 Å². The maximum atomic E-state index is 11.6. The van der Waals surface area contributed by atoms with Crippen LogP contribution in [0.1, 0.15) is 6.92 Å². The van der Waals surface area contributed by atoms with Crippen LogP contribution >= 0.6 is 0 Å². The summed E-state index contributed by atoms with van der Waals surface area (Å²) in [7, 11) is -3.44. The van der Waals surface area contributed by atoms with Gasteiger partial charge in [0.15, 0.2) is 0 Å². The second-order valence-corrected chi connectivity index (χ2v) is 5.77. The first-order chi connectivity index (χ1) is 9.11. The molecular weight excluding hydrogens is 262 g/mol. The molecule has 0 aliphatic heterocycles. The lowest BCUT2D eigenvalue weighted by Crippen LogP contribution is -1.99. The van der Waals surface area contributed by atoms with Gasteiger partial charge in [-0.2, -0.15) is 0 Å². The lowest BCUT2D eigenvalue weighted by atomic mass is 10.3. The van der Waals surface area contributed by atoms with Crippen LogP contribution in [0.25, 0.3) is 4.72 Å². The van der Waals surface area contributed by atoms with E-state index in [1.165, 1.54) is 0 Å². The highest BCUT2D eigenvalue weighted by molar-refractivity contribution is 7.94. The molecule has 4 nitrogen and oxygen atoms in total. The van der Waals surface area contributed by atoms with Crippen LogP contribution in [-0.2, 0) is 10.0 Å². The molecule has 5 heteroatoms. The predicted molar refractivity (Wildman–Crippen MR) is 75.4 cm³/mol. The Kier molecular flexibility index (Phi) is 4.06. The normalized spacial score (nSPS) is 11.0. The smallest absolute Gasteiger partial charge is 0.127 e. The van der Waals surface area contributed by atoms with E-state index in [-0.39, 0.29) is 5.75 Å². The standard InChI is InChI=1S/C14H14NO3S/c1-2-19(16,17)15-13-10-6-7-11-14(13)18-12-8-4-3-5-9-12/h3-11H,2H2,1H3/q-1. The summed E-state index contributed by atoms with van der Waals surface area (Å²) in [5, 5.41) is 0. The summed E-state index contributed by atoms with van der Waals surface area (Å²) in [5.74, 6) is 1.02. The Balaban J connectivity index is 2.27. The summed E-state index contributed by atoms with van der Waals surface area (Å²) in [6.45, 7) is 1.56. The number of para-hydroxylation sites is 2. The quantitative estimate of drug-likeness (QED) is 0.833. The molecule has 0 bridgehead atoms. The average molecular weight is 276 g/mol. The van der Waals surface area contributed by atoms with Crippen LogP contribution in [-0.4, -0.2) is 14.2 Å². The fraction of sp³-hybridized carbons (Fsp3) is 0.143. The van der Waals surface area contributed by atoms with E-state index in [0.29, 0.717) is 17.2 Å². The van der Waals surface area contributed by atoms with Gasteiger partial charge in [0.1, 0.15) is 11.5 Å². The fourth-order valence-corrected chi connectivity index (χ4v) is 2.03. The lowest BCUT2D eigenvalue weighted by molar-refractivity contribution is 0.485. The zero-order valence-corrected chi connectivity index (χ0v) is 11.3. The lowest BCUT2D eigenvalue weighted by Gasteiger charge is -2.23. The third kappa shape index (κ3) is 3.72. The van der Waals surface area contributed by atoms with Crippen LogP contribution in [0.3, 0.4) is 0 Å². The van der Waals surface area contributed by atoms with Crippen molar-refractivity contribution in [2.75, 3.05) is 5.75 Å². The Morgan fingerprint density at radius 2 is 1.63 bits per heavy atom. The van der Waals surface area contributed by atoms with Gasteiger partial charge < -0.3 is 9.46 Å². The van der Waals surface area contributed by atoms with Gasteiger partial charge in [0, 0.05) is 5.75 Å². The minimum Gasteiger partial charge on any atom is -0.574 e. The highest BCUT2D eigenvalue weighted by atomic mass is 32.2. The molecule has 0 saturated heterocycles. The van der Waals surface area contributed by atoms with Crippen LogP contribution in [0.2, 0.25) is 0 Å². The molecule has 0 aliphatic carbocycles. The molecular formula is C14H14NO3S-. The molecule has 2 aromatic rings. The fourth-order valence-electron chi connectivity index (χ4n) is 1.45. The molecule has 0 spiro atoms. The average Bonchev–Trinajstić information content (AvgIpc) is 2.42. The maximum Gasteiger partial charge on any atom is 0.127 e. The minimum absolute atomic E-state index is 0.0350. The van der Waals surface area contributed by atoms with Crippen LogP contribution in [0.5, 0.6) is 11.5 Å². The van der Waals surface area contributed by atoms with Gasteiger partial charge in [0.25, 0.3) is 0 Å². The molecule has 0 heterocycles. The van der Waals surface area contributed by atoms with Crippen LogP contribution in [0.15, 0.2) is 54.6 Å². The van der Waals surface area contributed by atoms with E-state index in [2.05, 4.69) is 4.72 Å². The second-order valence-electron chi connectivity index (χ2n) is 3.84. The molecule has 0 fully saturated rings. The molecule has 19 heavy (non-hydrogen) atoms. The molecule has 0 atom stereocenters. The molecule has 2 rings (SSSR count). The number of ether oxygens (including phenoxy) is 1. The van der Waals surface area contributed by atoms with Crippen LogP contribution in [0.4, 0.5) is 5.69 Å². The van der Waals surface area contributed by atoms with Gasteiger partial charge in [-0.1, -0.05) is 49.0 Å². The monoisotopic (exact) mass is 276 g/mol. The van der Waals surface area contributed by atoms with E-state index in [1.807, 2.05) is 18.2 Å². The Morgan fingerprint density at radius 3 is 2.32 bits per heavy atom. The van der Waals surface area contributed by atoms with Gasteiger partial charge in [-0.05, 0) is 18.2 Å². The number of nitrogens with zero attached hydrogens (tertiary/aromatic N) is 1. The van der Waals surface area contributed by atoms with Crippen molar-refractivity contribution < 1.29 is 13.2 Å². The van der Waals surface area contributed by atoms with Crippen molar-refractivity contribution in [2.24, 2.45) is 0 Å². The number of rotatable bonds is 5. The summed E-state index contributed by atoms with van der Waals surface area (Å²) in [6.07, 6.45) is 0. The second kappa shape index (κ2) is 5.75. The molecule has 0 N–H and O–H groups in total. The number of benzene rings is 2. The van der Waals surface area contributed by atoms with E-state index >= 15 is 0 Å². The molecule has 0 unspecified atom stereocenters. The largest absolute Gasteiger partial charge is 0.574 e. The molecule has 2 aromatic carbocycles. The topological polar surface area (TPSA) is 57.5 Å². The third-order valence-electron chi connectivity index (χ3n) is 2.44. The van der Waals surface area contributed by atoms with Crippen molar-refractivity contribution in [3.8, 4) is 11.5 Å². The van der Waals surface area contributed by atoms with E-state index in [0.717, 1.165) is 0 Å². The van der Waals surface area contributed by atoms with Crippen molar-refractivity contribution in [2.45, 2.75) is 6.92 Å². The summed E-state index contributed by atoms with van der Waals surface area (Å²) in [5.41, 5.74) is 0.313. The number of hydrogen-bond acceptors (Lipinski definition) is 3. The van der Waals surface area contributed by atoms with Gasteiger partial charge in [-0.25, -0.2) is 8.42 Å². The first-order valence-corrected chi connectivity index (χ1v) is 7.49. The predicted octanol–water partition coefficient (Wildman–Crippen LogP) is 3.83. The highest BCUT2D eigenvalue weighted by Crippen LogP contribution is 2.36. The van der Waals surface area contributed by atoms with Crippen molar-refractivity contribution >= 4 is 15.7 Å². The summed E-state index contributed by atoms with van der Waals surface area (Å²) >= 11 is 0. The third-order valence-corrected chi connectivity index (χ3v) is 3.64. The van der Waals surface area contributed by atoms with Crippen LogP contribution in [0, 0.1) is 0 Å². The first-order valence-electron chi connectivity index (χ1n) is 5.88. The Morgan fingerprint density at radius 1 is 1.00 bits per heavy atom. The number of hydrogen-bond donors (Lipinski definition) is 0. The molecule has 0 saturated carbocycles. The van der Waals surface area contributed by atoms with E-state index in [9.17, 15) is 8.42 Å². The minimum atomic E-state index is -3.44. The maximum absolute atomic E-state index is 11.6. The van der Waals surface area contributed by atoms with Crippen molar-refractivity contribution in [3.05, 3.63) is 59.3 Å². The van der Waals surface area contributed by atoms with Crippen molar-refractivity contribution in [3.63, 3.8) is 0 Å². The van der Waals surface area contributed by atoms with E-state index in [1.54, 1.807) is 43.3 Å². The molecule has 100 valence electrons. The Hall–Kier alpha value is -2.01. The van der Waals surface area contributed by atoms with Crippen molar-refractivity contribution in [1.29, 1.82) is 0 Å². The molecule has 0 radical (unpaired) electrons. The number of sulfonamides is 1.